The fourth-order valence-electron chi connectivity index (χ4n) is 0. The van der Waals surface area contributed by atoms with Gasteiger partial charge in [-0.1, -0.05) is 58.9 Å². The summed E-state index contributed by atoms with van der Waals surface area (Å²) in [6.45, 7) is 9.48. The molecule has 62 valence electrons. The van der Waals surface area contributed by atoms with E-state index in [-0.39, 0.29) is 4.49 Å². The summed E-state index contributed by atoms with van der Waals surface area (Å²) < 4.78 is 0.111. The lowest BCUT2D eigenvalue weighted by atomic mass is 10.8. The molecule has 0 aromatic rings. The van der Waals surface area contributed by atoms with Crippen molar-refractivity contribution in [3.63, 3.8) is 0 Å². The molecule has 0 saturated carbocycles. The Morgan fingerprint density at radius 1 is 1.45 bits per heavy atom. The molecule has 0 unspecified atom stereocenters. The van der Waals surface area contributed by atoms with Crippen LogP contribution in [-0.4, -0.2) is 0 Å². The van der Waals surface area contributed by atoms with Crippen LogP contribution in [0.4, 0.5) is 0 Å². The zero-order chi connectivity index (χ0) is 9.70. The lowest BCUT2D eigenvalue weighted by molar-refractivity contribution is 1.54. The van der Waals surface area contributed by atoms with E-state index >= 15 is 0 Å². The number of rotatable bonds is 0. The Labute approximate surface area is 85.7 Å². The number of hydrogen-bond donors (Lipinski definition) is 0. The Hall–Kier alpha value is -0.230. The first-order valence-corrected chi connectivity index (χ1v) is 3.95. The van der Waals surface area contributed by atoms with Crippen molar-refractivity contribution in [2.24, 2.45) is 0 Å². The molecule has 0 aromatic heterocycles. The van der Waals surface area contributed by atoms with Crippen LogP contribution < -0.4 is 0 Å². The van der Waals surface area contributed by atoms with E-state index in [2.05, 4.69) is 35.7 Å². The van der Waals surface area contributed by atoms with E-state index < -0.39 is 0 Å². The highest BCUT2D eigenvalue weighted by Gasteiger charge is 1.60. The number of hydrogen-bond acceptors (Lipinski definition) is 1. The van der Waals surface area contributed by atoms with E-state index in [1.165, 1.54) is 6.08 Å². The van der Waals surface area contributed by atoms with Crippen LogP contribution in [0.1, 0.15) is 0 Å². The summed E-state index contributed by atoms with van der Waals surface area (Å²) in [5, 5.41) is 7.51. The van der Waals surface area contributed by atoms with E-state index in [9.17, 15) is 0 Å². The highest BCUT2D eigenvalue weighted by molar-refractivity contribution is 9.11. The number of allylic oxidation sites excluding steroid dienone is 1. The minimum Gasteiger partial charge on any atom is -0.193 e. The Morgan fingerprint density at radius 3 is 1.55 bits per heavy atom. The molecule has 0 rings (SSSR count). The predicted molar refractivity (Wildman–Crippen MR) is 55.8 cm³/mol. The molecule has 0 bridgehead atoms. The summed E-state index contributed by atoms with van der Waals surface area (Å²) in [6, 6.07) is 1.69. The van der Waals surface area contributed by atoms with Gasteiger partial charge in [0.2, 0.25) is 0 Å². The average Bonchev–Trinajstić information content (AvgIpc) is 1.88. The Morgan fingerprint density at radius 2 is 1.55 bits per heavy atom. The minimum atomic E-state index is 0.111. The summed E-state index contributed by atoms with van der Waals surface area (Å²) in [5.74, 6) is 0. The average molecular weight is 257 g/mol. The second-order valence-corrected chi connectivity index (χ2v) is 2.58. The van der Waals surface area contributed by atoms with Crippen LogP contribution in [0.5, 0.6) is 0 Å². The van der Waals surface area contributed by atoms with Crippen LogP contribution in [-0.2, 0) is 0 Å². The zero-order valence-electron chi connectivity index (χ0n) is 5.86. The van der Waals surface area contributed by atoms with Crippen LogP contribution >= 0.6 is 39.1 Å². The minimum absolute atomic E-state index is 0.111. The third-order valence-electron chi connectivity index (χ3n) is 0.0913. The maximum Gasteiger partial charge on any atom is 0.0992 e. The number of halogens is 3. The maximum atomic E-state index is 7.51. The molecule has 0 aliphatic carbocycles. The van der Waals surface area contributed by atoms with Gasteiger partial charge in [-0.3, -0.25) is 0 Å². The molecule has 0 fully saturated rings. The van der Waals surface area contributed by atoms with Gasteiger partial charge in [-0.2, -0.15) is 5.26 Å². The third kappa shape index (κ3) is 995. The van der Waals surface area contributed by atoms with Crippen molar-refractivity contribution in [1.82, 2.24) is 0 Å². The monoisotopic (exact) mass is 255 g/mol. The molecule has 0 aliphatic rings. The third-order valence-corrected chi connectivity index (χ3v) is 0.0913. The van der Waals surface area contributed by atoms with Crippen molar-refractivity contribution in [2.45, 2.75) is 0 Å². The zero-order valence-corrected chi connectivity index (χ0v) is 8.95. The van der Waals surface area contributed by atoms with Crippen LogP contribution in [0.2, 0.25) is 0 Å². The van der Waals surface area contributed by atoms with Gasteiger partial charge < -0.3 is 0 Å². The molecule has 4 heteroatoms. The fourth-order valence-corrected chi connectivity index (χ4v) is 0. The van der Waals surface area contributed by atoms with E-state index in [0.717, 1.165) is 0 Å². The lowest BCUT2D eigenvalue weighted by Crippen LogP contribution is -1.24. The van der Waals surface area contributed by atoms with Crippen molar-refractivity contribution in [1.29, 1.82) is 5.26 Å². The second-order valence-electron chi connectivity index (χ2n) is 0.826. The van der Waals surface area contributed by atoms with E-state index in [4.69, 9.17) is 28.5 Å². The predicted octanol–water partition coefficient (Wildman–Crippen LogP) is 4.16. The smallest absolute Gasteiger partial charge is 0.0992 e. The molecule has 0 saturated heterocycles. The van der Waals surface area contributed by atoms with Crippen molar-refractivity contribution in [3.05, 3.63) is 35.3 Å². The fraction of sp³-hybridized carbons (Fsp3) is 0. The highest BCUT2D eigenvalue weighted by Crippen LogP contribution is 1.98. The Kier molecular flexibility index (Phi) is 34.9. The first-order chi connectivity index (χ1) is 5.06. The first-order valence-electron chi connectivity index (χ1n) is 2.28. The molecule has 11 heavy (non-hydrogen) atoms. The lowest BCUT2D eigenvalue weighted by Gasteiger charge is -1.57. The van der Waals surface area contributed by atoms with Crippen LogP contribution in [0.3, 0.4) is 0 Å². The van der Waals surface area contributed by atoms with E-state index in [1.807, 2.05) is 0 Å². The summed E-state index contributed by atoms with van der Waals surface area (Å²) in [7, 11) is 0. The van der Waals surface area contributed by atoms with Gasteiger partial charge >= 0.3 is 0 Å². The molecule has 0 aliphatic heterocycles. The SMILES string of the molecule is C=C(Cl)Cl.C=CBr.C=CC#N. The molecule has 0 radical (unpaired) electrons. The van der Waals surface area contributed by atoms with Crippen LogP contribution in [0, 0.1) is 11.3 Å². The molecule has 0 spiro atoms. The summed E-state index contributed by atoms with van der Waals surface area (Å²) in [5.41, 5.74) is 0. The summed E-state index contributed by atoms with van der Waals surface area (Å²) in [4.78, 5) is 1.56. The molecular formula is C7H8BrCl2N. The van der Waals surface area contributed by atoms with Gasteiger partial charge in [0.1, 0.15) is 0 Å². The molecular weight excluding hydrogens is 249 g/mol. The largest absolute Gasteiger partial charge is 0.193 e. The van der Waals surface area contributed by atoms with E-state index in [1.54, 1.807) is 11.1 Å². The van der Waals surface area contributed by atoms with Crippen LogP contribution in [0.25, 0.3) is 0 Å². The Bertz CT molecular complexity index is 145. The second kappa shape index (κ2) is 22.6. The van der Waals surface area contributed by atoms with Gasteiger partial charge in [0.25, 0.3) is 0 Å². The van der Waals surface area contributed by atoms with E-state index in [0.29, 0.717) is 0 Å². The van der Waals surface area contributed by atoms with Gasteiger partial charge in [-0.25, -0.2) is 0 Å². The molecule has 0 atom stereocenters. The van der Waals surface area contributed by atoms with Gasteiger partial charge in [0.15, 0.2) is 0 Å². The molecule has 0 N–H and O–H groups in total. The van der Waals surface area contributed by atoms with Gasteiger partial charge in [0, 0.05) is 6.08 Å². The normalized spacial score (nSPS) is 4.91. The van der Waals surface area contributed by atoms with Crippen molar-refractivity contribution in [2.75, 3.05) is 0 Å². The molecule has 1 nitrogen and oxygen atoms in total. The maximum absolute atomic E-state index is 7.51. The molecule has 0 amide bonds. The molecule has 0 heterocycles. The number of nitrogens with zero attached hydrogens (tertiary/aromatic N) is 1. The summed E-state index contributed by atoms with van der Waals surface area (Å²) in [6.07, 6.45) is 1.18. The van der Waals surface area contributed by atoms with Crippen molar-refractivity contribution >= 4 is 39.1 Å². The first kappa shape index (κ1) is 17.0. The Balaban J connectivity index is -0.0000000886. The van der Waals surface area contributed by atoms with Crippen molar-refractivity contribution < 1.29 is 0 Å². The topological polar surface area (TPSA) is 23.8 Å². The van der Waals surface area contributed by atoms with Gasteiger partial charge in [-0.15, -0.1) is 0 Å². The summed E-state index contributed by atoms with van der Waals surface area (Å²) >= 11 is 12.6. The van der Waals surface area contributed by atoms with Crippen LogP contribution in [0.15, 0.2) is 35.3 Å². The highest BCUT2D eigenvalue weighted by atomic mass is 79.9. The quantitative estimate of drug-likeness (QED) is 0.598. The molecule has 0 aromatic carbocycles. The van der Waals surface area contributed by atoms with Gasteiger partial charge in [0.05, 0.1) is 10.6 Å². The van der Waals surface area contributed by atoms with Gasteiger partial charge in [-0.05, 0) is 4.99 Å². The standard InChI is InChI=1S/C3H3N.C2H3Br.C2H2Cl2/c1-2-3-4;1-2-3;1-2(3)4/h2H,1H2;2H,1H2;1H2. The van der Waals surface area contributed by atoms with Crippen molar-refractivity contribution in [3.8, 4) is 6.07 Å². The number of nitriles is 1.